The van der Waals surface area contributed by atoms with Crippen molar-refractivity contribution in [2.75, 3.05) is 6.61 Å². The van der Waals surface area contributed by atoms with Crippen LogP contribution in [-0.4, -0.2) is 21.9 Å². The number of aromatic nitrogens is 2. The van der Waals surface area contributed by atoms with Crippen molar-refractivity contribution in [3.05, 3.63) is 47.1 Å². The molecule has 2 aromatic rings. The molecule has 1 heterocycles. The normalized spacial score (nSPS) is 10.2. The Kier molecular flexibility index (Phi) is 3.90. The van der Waals surface area contributed by atoms with Crippen molar-refractivity contribution in [1.82, 2.24) is 10.2 Å². The second kappa shape index (κ2) is 5.61. The van der Waals surface area contributed by atoms with Crippen LogP contribution in [0.1, 0.15) is 5.56 Å². The zero-order chi connectivity index (χ0) is 12.1. The largest absolute Gasteiger partial charge is 0.437 e. The van der Waals surface area contributed by atoms with Gasteiger partial charge in [0.05, 0.1) is 0 Å². The van der Waals surface area contributed by atoms with Crippen molar-refractivity contribution in [1.29, 1.82) is 0 Å². The van der Waals surface area contributed by atoms with E-state index in [0.717, 1.165) is 5.56 Å². The standard InChI is InChI=1S/C12H11ClN2O2/c13-11-5-6-12(15-14-11)17-10-4-2-1-3-9(10)7-8-16/h1-6,16H,7-8H2. The Bertz CT molecular complexity index is 488. The summed E-state index contributed by atoms with van der Waals surface area (Å²) in [6.07, 6.45) is 0.539. The third-order valence-corrected chi connectivity index (χ3v) is 2.38. The first-order valence-corrected chi connectivity index (χ1v) is 5.53. The molecular formula is C12H11ClN2O2. The lowest BCUT2D eigenvalue weighted by Gasteiger charge is -2.08. The van der Waals surface area contributed by atoms with Gasteiger partial charge < -0.3 is 9.84 Å². The molecule has 1 aromatic carbocycles. The van der Waals surface area contributed by atoms with Crippen LogP contribution >= 0.6 is 11.6 Å². The van der Waals surface area contributed by atoms with Crippen LogP contribution in [0, 0.1) is 0 Å². The molecule has 0 bridgehead atoms. The number of hydrogen-bond acceptors (Lipinski definition) is 4. The van der Waals surface area contributed by atoms with E-state index >= 15 is 0 Å². The topological polar surface area (TPSA) is 55.2 Å². The fourth-order valence-corrected chi connectivity index (χ4v) is 1.50. The van der Waals surface area contributed by atoms with Gasteiger partial charge in [0, 0.05) is 12.7 Å². The Morgan fingerprint density at radius 3 is 2.65 bits per heavy atom. The highest BCUT2D eigenvalue weighted by Gasteiger charge is 2.05. The van der Waals surface area contributed by atoms with Crippen molar-refractivity contribution in [3.63, 3.8) is 0 Å². The van der Waals surface area contributed by atoms with Crippen molar-refractivity contribution < 1.29 is 9.84 Å². The van der Waals surface area contributed by atoms with Gasteiger partial charge in [0.25, 0.3) is 0 Å². The summed E-state index contributed by atoms with van der Waals surface area (Å²) in [4.78, 5) is 0. The molecule has 0 amide bonds. The third-order valence-electron chi connectivity index (χ3n) is 2.18. The maximum atomic E-state index is 8.95. The van der Waals surface area contributed by atoms with Crippen LogP contribution in [0.25, 0.3) is 0 Å². The quantitative estimate of drug-likeness (QED) is 0.906. The minimum Gasteiger partial charge on any atom is -0.437 e. The summed E-state index contributed by atoms with van der Waals surface area (Å²) in [5.41, 5.74) is 0.923. The number of halogens is 1. The summed E-state index contributed by atoms with van der Waals surface area (Å²) in [7, 11) is 0. The first-order chi connectivity index (χ1) is 8.29. The summed E-state index contributed by atoms with van der Waals surface area (Å²) in [6.45, 7) is 0.0761. The number of benzene rings is 1. The summed E-state index contributed by atoms with van der Waals surface area (Å²) in [5.74, 6) is 1.04. The molecule has 0 aliphatic heterocycles. The minimum absolute atomic E-state index is 0.0761. The Labute approximate surface area is 104 Å². The van der Waals surface area contributed by atoms with Gasteiger partial charge in [0.2, 0.25) is 5.88 Å². The number of rotatable bonds is 4. The molecule has 0 unspecified atom stereocenters. The van der Waals surface area contributed by atoms with Gasteiger partial charge in [0.1, 0.15) is 5.75 Å². The van der Waals surface area contributed by atoms with Crippen LogP contribution in [-0.2, 0) is 6.42 Å². The van der Waals surface area contributed by atoms with Crippen molar-refractivity contribution in [2.45, 2.75) is 6.42 Å². The molecule has 0 aliphatic rings. The van der Waals surface area contributed by atoms with Gasteiger partial charge in [-0.25, -0.2) is 0 Å². The molecule has 1 aromatic heterocycles. The van der Waals surface area contributed by atoms with Crippen molar-refractivity contribution in [2.24, 2.45) is 0 Å². The van der Waals surface area contributed by atoms with Gasteiger partial charge >= 0.3 is 0 Å². The van der Waals surface area contributed by atoms with E-state index in [1.54, 1.807) is 12.1 Å². The van der Waals surface area contributed by atoms with E-state index in [1.807, 2.05) is 24.3 Å². The number of aliphatic hydroxyl groups is 1. The zero-order valence-corrected chi connectivity index (χ0v) is 9.76. The molecule has 0 fully saturated rings. The van der Waals surface area contributed by atoms with E-state index in [4.69, 9.17) is 21.4 Å². The molecule has 0 saturated heterocycles. The zero-order valence-electron chi connectivity index (χ0n) is 9.01. The van der Waals surface area contributed by atoms with Crippen LogP contribution in [0.2, 0.25) is 5.15 Å². The fourth-order valence-electron chi connectivity index (χ4n) is 1.40. The first kappa shape index (κ1) is 11.8. The van der Waals surface area contributed by atoms with Gasteiger partial charge in [-0.3, -0.25) is 0 Å². The lowest BCUT2D eigenvalue weighted by Crippen LogP contribution is -1.96. The highest BCUT2D eigenvalue weighted by atomic mass is 35.5. The average Bonchev–Trinajstić information content (AvgIpc) is 2.35. The predicted octanol–water partition coefficient (Wildman–Crippen LogP) is 2.46. The molecule has 2 rings (SSSR count). The van der Waals surface area contributed by atoms with Gasteiger partial charge in [-0.1, -0.05) is 29.8 Å². The van der Waals surface area contributed by atoms with Gasteiger partial charge in [-0.2, -0.15) is 0 Å². The summed E-state index contributed by atoms with van der Waals surface area (Å²) < 4.78 is 5.57. The molecule has 0 radical (unpaired) electrons. The maximum Gasteiger partial charge on any atom is 0.238 e. The number of aliphatic hydroxyl groups excluding tert-OH is 1. The van der Waals surface area contributed by atoms with Crippen LogP contribution < -0.4 is 4.74 Å². The molecule has 0 spiro atoms. The highest BCUT2D eigenvalue weighted by molar-refractivity contribution is 6.29. The minimum atomic E-state index is 0.0761. The lowest BCUT2D eigenvalue weighted by atomic mass is 10.1. The third kappa shape index (κ3) is 3.15. The maximum absolute atomic E-state index is 8.95. The molecule has 5 heteroatoms. The predicted molar refractivity (Wildman–Crippen MR) is 64.3 cm³/mol. The lowest BCUT2D eigenvalue weighted by molar-refractivity contribution is 0.297. The molecule has 88 valence electrons. The summed E-state index contributed by atoms with van der Waals surface area (Å²) in [5, 5.41) is 16.8. The second-order valence-electron chi connectivity index (χ2n) is 3.38. The van der Waals surface area contributed by atoms with E-state index in [0.29, 0.717) is 23.2 Å². The number of hydrogen-bond donors (Lipinski definition) is 1. The van der Waals surface area contributed by atoms with E-state index in [2.05, 4.69) is 10.2 Å². The van der Waals surface area contributed by atoms with Crippen LogP contribution in [0.15, 0.2) is 36.4 Å². The first-order valence-electron chi connectivity index (χ1n) is 5.15. The Hall–Kier alpha value is -1.65. The molecule has 4 nitrogen and oxygen atoms in total. The molecule has 0 saturated carbocycles. The smallest absolute Gasteiger partial charge is 0.238 e. The molecule has 0 aliphatic carbocycles. The van der Waals surface area contributed by atoms with Crippen LogP contribution in [0.3, 0.4) is 0 Å². The van der Waals surface area contributed by atoms with E-state index in [-0.39, 0.29) is 6.61 Å². The SMILES string of the molecule is OCCc1ccccc1Oc1ccc(Cl)nn1. The molecular weight excluding hydrogens is 240 g/mol. The molecule has 17 heavy (non-hydrogen) atoms. The van der Waals surface area contributed by atoms with E-state index in [9.17, 15) is 0 Å². The number of nitrogens with zero attached hydrogens (tertiary/aromatic N) is 2. The summed E-state index contributed by atoms with van der Waals surface area (Å²) in [6, 6.07) is 10.7. The van der Waals surface area contributed by atoms with Crippen LogP contribution in [0.4, 0.5) is 0 Å². The van der Waals surface area contributed by atoms with E-state index in [1.165, 1.54) is 0 Å². The van der Waals surface area contributed by atoms with Crippen LogP contribution in [0.5, 0.6) is 11.6 Å². The Balaban J connectivity index is 2.20. The fraction of sp³-hybridized carbons (Fsp3) is 0.167. The number of para-hydroxylation sites is 1. The Morgan fingerprint density at radius 2 is 1.94 bits per heavy atom. The summed E-state index contributed by atoms with van der Waals surface area (Å²) >= 11 is 5.63. The van der Waals surface area contributed by atoms with E-state index < -0.39 is 0 Å². The van der Waals surface area contributed by atoms with Gasteiger partial charge in [-0.05, 0) is 24.1 Å². The second-order valence-corrected chi connectivity index (χ2v) is 3.76. The molecule has 1 N–H and O–H groups in total. The molecule has 0 atom stereocenters. The van der Waals surface area contributed by atoms with Gasteiger partial charge in [0.15, 0.2) is 5.15 Å². The monoisotopic (exact) mass is 250 g/mol. The highest BCUT2D eigenvalue weighted by Crippen LogP contribution is 2.24. The van der Waals surface area contributed by atoms with Crippen molar-refractivity contribution >= 4 is 11.6 Å². The van der Waals surface area contributed by atoms with Crippen molar-refractivity contribution in [3.8, 4) is 11.6 Å². The average molecular weight is 251 g/mol. The Morgan fingerprint density at radius 1 is 1.12 bits per heavy atom. The number of ether oxygens (including phenoxy) is 1. The van der Waals surface area contributed by atoms with Gasteiger partial charge in [-0.15, -0.1) is 10.2 Å².